The van der Waals surface area contributed by atoms with E-state index in [4.69, 9.17) is 9.72 Å². The minimum atomic E-state index is -0.490. The predicted octanol–water partition coefficient (Wildman–Crippen LogP) is 2.94. The van der Waals surface area contributed by atoms with Crippen molar-refractivity contribution in [2.24, 2.45) is 0 Å². The van der Waals surface area contributed by atoms with Gasteiger partial charge in [0.1, 0.15) is 6.04 Å². The molecule has 0 saturated carbocycles. The summed E-state index contributed by atoms with van der Waals surface area (Å²) in [6.45, 7) is 6.68. The van der Waals surface area contributed by atoms with Gasteiger partial charge in [0, 0.05) is 41.2 Å². The van der Waals surface area contributed by atoms with Gasteiger partial charge in [-0.05, 0) is 44.9 Å². The topological polar surface area (TPSA) is 76.8 Å². The molecule has 3 heterocycles. The second-order valence-electron chi connectivity index (χ2n) is 7.44. The molecule has 1 aliphatic heterocycles. The number of aromatic nitrogens is 3. The Morgan fingerprint density at radius 1 is 1.27 bits per heavy atom. The number of aryl methyl sites for hydroxylation is 2. The third-order valence-electron chi connectivity index (χ3n) is 5.61. The monoisotopic (exact) mass is 426 g/mol. The second-order valence-corrected chi connectivity index (χ2v) is 8.59. The number of benzene rings is 1. The Balaban J connectivity index is 1.56. The molecular weight excluding hydrogens is 400 g/mol. The van der Waals surface area contributed by atoms with Crippen molar-refractivity contribution in [3.05, 3.63) is 41.2 Å². The van der Waals surface area contributed by atoms with Crippen LogP contribution >= 0.6 is 11.8 Å². The normalized spacial score (nSPS) is 16.9. The largest absolute Gasteiger partial charge is 0.464 e. The summed E-state index contributed by atoms with van der Waals surface area (Å²) in [5, 5.41) is 5.71. The Bertz CT molecular complexity index is 1110. The number of ether oxygens (including phenoxy) is 1. The maximum absolute atomic E-state index is 13.0. The van der Waals surface area contributed by atoms with E-state index in [2.05, 4.69) is 5.10 Å². The Morgan fingerprint density at radius 2 is 2.07 bits per heavy atom. The first-order valence-corrected chi connectivity index (χ1v) is 11.4. The fraction of sp³-hybridized carbons (Fsp3) is 0.455. The van der Waals surface area contributed by atoms with Crippen molar-refractivity contribution in [2.75, 3.05) is 24.7 Å². The van der Waals surface area contributed by atoms with E-state index in [0.717, 1.165) is 39.3 Å². The highest BCUT2D eigenvalue weighted by Gasteiger charge is 2.33. The summed E-state index contributed by atoms with van der Waals surface area (Å²) in [5.74, 6) is 1.11. The highest BCUT2D eigenvalue weighted by atomic mass is 32.2. The average molecular weight is 427 g/mol. The Hall–Kier alpha value is -2.61. The molecule has 1 fully saturated rings. The van der Waals surface area contributed by atoms with Crippen LogP contribution in [-0.4, -0.2) is 62.1 Å². The molecule has 0 N–H and O–H groups in total. The lowest BCUT2D eigenvalue weighted by molar-refractivity contribution is -0.153. The summed E-state index contributed by atoms with van der Waals surface area (Å²) in [5.41, 5.74) is 4.69. The van der Waals surface area contributed by atoms with Gasteiger partial charge in [0.05, 0.1) is 12.1 Å². The van der Waals surface area contributed by atoms with Gasteiger partial charge in [0.25, 0.3) is 0 Å². The molecule has 1 saturated heterocycles. The summed E-state index contributed by atoms with van der Waals surface area (Å²) >= 11 is 1.68. The third kappa shape index (κ3) is 3.76. The minimum absolute atomic E-state index is 0.0159. The van der Waals surface area contributed by atoms with Crippen LogP contribution in [0.2, 0.25) is 0 Å². The maximum Gasteiger partial charge on any atom is 0.329 e. The Kier molecular flexibility index (Phi) is 5.94. The van der Waals surface area contributed by atoms with Crippen LogP contribution in [0.5, 0.6) is 0 Å². The van der Waals surface area contributed by atoms with E-state index in [1.807, 2.05) is 42.6 Å². The van der Waals surface area contributed by atoms with Gasteiger partial charge in [0.2, 0.25) is 5.91 Å². The lowest BCUT2D eigenvalue weighted by Gasteiger charge is -2.33. The molecule has 0 bridgehead atoms. The second kappa shape index (κ2) is 8.63. The molecule has 8 heteroatoms. The number of carbonyl (C=O) groups is 2. The first-order valence-electron chi connectivity index (χ1n) is 10.3. The molecule has 0 spiro atoms. The van der Waals surface area contributed by atoms with Crippen molar-refractivity contribution in [2.45, 2.75) is 39.7 Å². The van der Waals surface area contributed by atoms with E-state index >= 15 is 0 Å². The lowest BCUT2D eigenvalue weighted by Crippen LogP contribution is -2.51. The van der Waals surface area contributed by atoms with Crippen molar-refractivity contribution in [3.63, 3.8) is 0 Å². The lowest BCUT2D eigenvalue weighted by atomic mass is 10.1. The van der Waals surface area contributed by atoms with Gasteiger partial charge >= 0.3 is 5.97 Å². The smallest absolute Gasteiger partial charge is 0.329 e. The molecule has 1 atom stereocenters. The van der Waals surface area contributed by atoms with E-state index in [9.17, 15) is 9.59 Å². The standard InChI is InChI=1S/C22H26N4O3S/c1-4-29-22(28)19-13-30-12-11-25(19)20(27)10-9-16-14(2)23-21-17-7-5-6-8-18(17)24-26(21)15(16)3/h5-8,19H,4,9-13H2,1-3H3. The molecule has 1 unspecified atom stereocenters. The van der Waals surface area contributed by atoms with Gasteiger partial charge in [-0.15, -0.1) is 0 Å². The molecule has 1 aromatic carbocycles. The van der Waals surface area contributed by atoms with Gasteiger partial charge in [-0.3, -0.25) is 4.79 Å². The number of fused-ring (bicyclic) bond motifs is 3. The molecule has 30 heavy (non-hydrogen) atoms. The first kappa shape index (κ1) is 20.7. The SMILES string of the molecule is CCOC(=O)C1CSCCN1C(=O)CCc1c(C)nc2c3ccccc3nn2c1C. The average Bonchev–Trinajstić information content (AvgIpc) is 3.12. The van der Waals surface area contributed by atoms with Gasteiger partial charge < -0.3 is 9.64 Å². The van der Waals surface area contributed by atoms with Crippen LogP contribution in [-0.2, 0) is 20.7 Å². The zero-order valence-electron chi connectivity index (χ0n) is 17.6. The zero-order valence-corrected chi connectivity index (χ0v) is 18.4. The molecule has 0 aliphatic carbocycles. The number of carbonyl (C=O) groups excluding carboxylic acids is 2. The molecule has 2 aromatic heterocycles. The number of hydrogen-bond donors (Lipinski definition) is 0. The summed E-state index contributed by atoms with van der Waals surface area (Å²) in [7, 11) is 0. The van der Waals surface area contributed by atoms with Crippen molar-refractivity contribution in [1.82, 2.24) is 19.5 Å². The first-order chi connectivity index (χ1) is 14.5. The van der Waals surface area contributed by atoms with E-state index in [1.54, 1.807) is 23.6 Å². The summed E-state index contributed by atoms with van der Waals surface area (Å²) < 4.78 is 7.04. The van der Waals surface area contributed by atoms with Gasteiger partial charge in [-0.25, -0.2) is 14.3 Å². The zero-order chi connectivity index (χ0) is 21.3. The Labute approximate surface area is 179 Å². The number of esters is 1. The van der Waals surface area contributed by atoms with E-state index < -0.39 is 6.04 Å². The molecule has 7 nitrogen and oxygen atoms in total. The highest BCUT2D eigenvalue weighted by Crippen LogP contribution is 2.24. The van der Waals surface area contributed by atoms with Crippen LogP contribution in [0.1, 0.15) is 30.3 Å². The van der Waals surface area contributed by atoms with Gasteiger partial charge in [0.15, 0.2) is 5.65 Å². The van der Waals surface area contributed by atoms with Crippen molar-refractivity contribution < 1.29 is 14.3 Å². The van der Waals surface area contributed by atoms with E-state index in [0.29, 0.717) is 31.7 Å². The van der Waals surface area contributed by atoms with Crippen molar-refractivity contribution in [1.29, 1.82) is 0 Å². The quantitative estimate of drug-likeness (QED) is 0.584. The molecule has 0 radical (unpaired) electrons. The number of amides is 1. The number of hydrogen-bond acceptors (Lipinski definition) is 6. The highest BCUT2D eigenvalue weighted by molar-refractivity contribution is 7.99. The molecular formula is C22H26N4O3S. The van der Waals surface area contributed by atoms with Crippen LogP contribution in [0.4, 0.5) is 0 Å². The predicted molar refractivity (Wildman–Crippen MR) is 118 cm³/mol. The third-order valence-corrected chi connectivity index (χ3v) is 6.64. The molecule has 3 aromatic rings. The van der Waals surface area contributed by atoms with Crippen molar-refractivity contribution >= 4 is 40.2 Å². The van der Waals surface area contributed by atoms with Crippen molar-refractivity contribution in [3.8, 4) is 0 Å². The molecule has 158 valence electrons. The van der Waals surface area contributed by atoms with E-state index in [1.165, 1.54) is 0 Å². The van der Waals surface area contributed by atoms with Gasteiger partial charge in [-0.2, -0.15) is 16.9 Å². The molecule has 1 amide bonds. The van der Waals surface area contributed by atoms with E-state index in [-0.39, 0.29) is 11.9 Å². The summed E-state index contributed by atoms with van der Waals surface area (Å²) in [4.78, 5) is 31.7. The van der Waals surface area contributed by atoms with Crippen LogP contribution < -0.4 is 0 Å². The number of rotatable bonds is 5. The van der Waals surface area contributed by atoms with Crippen LogP contribution in [0.25, 0.3) is 16.6 Å². The fourth-order valence-electron chi connectivity index (χ4n) is 4.05. The molecule has 1 aliphatic rings. The Morgan fingerprint density at radius 3 is 2.87 bits per heavy atom. The molecule has 4 rings (SSSR count). The fourth-order valence-corrected chi connectivity index (χ4v) is 5.08. The summed E-state index contributed by atoms with van der Waals surface area (Å²) in [6.07, 6.45) is 0.894. The van der Waals surface area contributed by atoms with Gasteiger partial charge in [-0.1, -0.05) is 12.1 Å². The van der Waals surface area contributed by atoms with Crippen LogP contribution in [0, 0.1) is 13.8 Å². The number of nitrogens with zero attached hydrogens (tertiary/aromatic N) is 4. The minimum Gasteiger partial charge on any atom is -0.464 e. The van der Waals surface area contributed by atoms with Crippen LogP contribution in [0.15, 0.2) is 24.3 Å². The maximum atomic E-state index is 13.0. The van der Waals surface area contributed by atoms with Crippen LogP contribution in [0.3, 0.4) is 0 Å². The number of thioether (sulfide) groups is 1. The summed E-state index contributed by atoms with van der Waals surface area (Å²) in [6, 6.07) is 7.46.